The van der Waals surface area contributed by atoms with Crippen LogP contribution in [0.3, 0.4) is 0 Å². The number of piperidine rings is 1. The monoisotopic (exact) mass is 316 g/mol. The molecule has 1 atom stereocenters. The van der Waals surface area contributed by atoms with Crippen LogP contribution in [0.15, 0.2) is 48.7 Å². The Kier molecular flexibility index (Phi) is 4.27. The zero-order valence-electron chi connectivity index (χ0n) is 12.6. The van der Waals surface area contributed by atoms with Gasteiger partial charge in [-0.2, -0.15) is 0 Å². The van der Waals surface area contributed by atoms with Crippen LogP contribution in [0.5, 0.6) is 0 Å². The molecule has 0 amide bonds. The minimum absolute atomic E-state index is 0.188. The Balaban J connectivity index is 1.78. The van der Waals surface area contributed by atoms with Gasteiger partial charge in [0.1, 0.15) is 0 Å². The summed E-state index contributed by atoms with van der Waals surface area (Å²) in [4.78, 5) is 4.57. The van der Waals surface area contributed by atoms with Gasteiger partial charge in [0.15, 0.2) is 0 Å². The highest BCUT2D eigenvalue weighted by molar-refractivity contribution is 7.88. The summed E-state index contributed by atoms with van der Waals surface area (Å²) in [5.41, 5.74) is 3.20. The SMILES string of the molecule is CS(=O)(=O)N1CCCC(c2ccc(-c3ccccc3)cn2)C1. The number of aromatic nitrogens is 1. The fraction of sp³-hybridized carbons (Fsp3) is 0.353. The van der Waals surface area contributed by atoms with Gasteiger partial charge in [0.25, 0.3) is 0 Å². The minimum atomic E-state index is -3.11. The number of hydrogen-bond donors (Lipinski definition) is 0. The standard InChI is InChI=1S/C17H20N2O2S/c1-22(20,21)19-11-5-8-16(13-19)17-10-9-15(12-18-17)14-6-3-2-4-7-14/h2-4,6-7,9-10,12,16H,5,8,11,13H2,1H3. The predicted molar refractivity (Wildman–Crippen MR) is 88.1 cm³/mol. The normalized spacial score (nSPS) is 20.0. The van der Waals surface area contributed by atoms with Gasteiger partial charge in [-0.05, 0) is 24.5 Å². The van der Waals surface area contributed by atoms with Crippen LogP contribution in [0.4, 0.5) is 0 Å². The Labute approximate surface area is 131 Å². The summed E-state index contributed by atoms with van der Waals surface area (Å²) >= 11 is 0. The first-order valence-electron chi connectivity index (χ1n) is 7.50. The Morgan fingerprint density at radius 2 is 1.86 bits per heavy atom. The van der Waals surface area contributed by atoms with Crippen molar-refractivity contribution in [3.8, 4) is 11.1 Å². The first-order valence-corrected chi connectivity index (χ1v) is 9.35. The molecule has 1 fully saturated rings. The maximum absolute atomic E-state index is 11.7. The molecule has 3 rings (SSSR count). The Hall–Kier alpha value is -1.72. The van der Waals surface area contributed by atoms with Crippen molar-refractivity contribution >= 4 is 10.0 Å². The molecule has 0 bridgehead atoms. The first-order chi connectivity index (χ1) is 10.5. The van der Waals surface area contributed by atoms with Crippen LogP contribution in [0.1, 0.15) is 24.5 Å². The highest BCUT2D eigenvalue weighted by Crippen LogP contribution is 2.28. The van der Waals surface area contributed by atoms with Gasteiger partial charge in [-0.25, -0.2) is 12.7 Å². The second kappa shape index (κ2) is 6.18. The molecule has 1 aromatic heterocycles. The van der Waals surface area contributed by atoms with Gasteiger partial charge in [-0.15, -0.1) is 0 Å². The molecule has 1 aliphatic heterocycles. The van der Waals surface area contributed by atoms with E-state index in [1.807, 2.05) is 30.5 Å². The summed E-state index contributed by atoms with van der Waals surface area (Å²) in [6, 6.07) is 14.2. The topological polar surface area (TPSA) is 50.3 Å². The van der Waals surface area contributed by atoms with E-state index in [9.17, 15) is 8.42 Å². The van der Waals surface area contributed by atoms with Crippen molar-refractivity contribution in [2.45, 2.75) is 18.8 Å². The summed E-state index contributed by atoms with van der Waals surface area (Å²) in [6.45, 7) is 1.16. The van der Waals surface area contributed by atoms with Crippen LogP contribution in [-0.2, 0) is 10.0 Å². The highest BCUT2D eigenvalue weighted by Gasteiger charge is 2.27. The quantitative estimate of drug-likeness (QED) is 0.875. The van der Waals surface area contributed by atoms with Gasteiger partial charge in [-0.1, -0.05) is 36.4 Å². The summed E-state index contributed by atoms with van der Waals surface area (Å²) in [5, 5.41) is 0. The van der Waals surface area contributed by atoms with E-state index in [1.54, 1.807) is 4.31 Å². The van der Waals surface area contributed by atoms with E-state index >= 15 is 0 Å². The Morgan fingerprint density at radius 3 is 2.50 bits per heavy atom. The molecule has 0 N–H and O–H groups in total. The van der Waals surface area contributed by atoms with Crippen LogP contribution < -0.4 is 0 Å². The van der Waals surface area contributed by atoms with Gasteiger partial charge in [-0.3, -0.25) is 4.98 Å². The lowest BCUT2D eigenvalue weighted by Crippen LogP contribution is -2.38. The predicted octanol–water partition coefficient (Wildman–Crippen LogP) is 2.89. The number of hydrogen-bond acceptors (Lipinski definition) is 3. The van der Waals surface area contributed by atoms with E-state index in [4.69, 9.17) is 0 Å². The van der Waals surface area contributed by atoms with Crippen LogP contribution in [0.2, 0.25) is 0 Å². The van der Waals surface area contributed by atoms with Crippen molar-refractivity contribution in [3.63, 3.8) is 0 Å². The molecular formula is C17H20N2O2S. The second-order valence-electron chi connectivity index (χ2n) is 5.80. The average Bonchev–Trinajstić information content (AvgIpc) is 2.55. The molecule has 0 spiro atoms. The molecule has 2 aromatic rings. The lowest BCUT2D eigenvalue weighted by Gasteiger charge is -2.30. The molecule has 2 heterocycles. The minimum Gasteiger partial charge on any atom is -0.260 e. The zero-order chi connectivity index (χ0) is 15.6. The third kappa shape index (κ3) is 3.36. The average molecular weight is 316 g/mol. The van der Waals surface area contributed by atoms with Crippen molar-refractivity contribution in [1.82, 2.24) is 9.29 Å². The largest absolute Gasteiger partial charge is 0.260 e. The maximum atomic E-state index is 11.7. The van der Waals surface area contributed by atoms with Gasteiger partial charge in [0.05, 0.1) is 6.26 Å². The highest BCUT2D eigenvalue weighted by atomic mass is 32.2. The molecule has 0 aliphatic carbocycles. The summed E-state index contributed by atoms with van der Waals surface area (Å²) in [7, 11) is -3.11. The molecule has 4 nitrogen and oxygen atoms in total. The molecule has 22 heavy (non-hydrogen) atoms. The third-order valence-electron chi connectivity index (χ3n) is 4.16. The molecule has 0 saturated carbocycles. The van der Waals surface area contributed by atoms with Crippen molar-refractivity contribution < 1.29 is 8.42 Å². The molecular weight excluding hydrogens is 296 g/mol. The lowest BCUT2D eigenvalue weighted by atomic mass is 9.95. The van der Waals surface area contributed by atoms with Crippen molar-refractivity contribution in [2.75, 3.05) is 19.3 Å². The Bertz CT molecular complexity index is 727. The van der Waals surface area contributed by atoms with Crippen LogP contribution in [0.25, 0.3) is 11.1 Å². The molecule has 1 aromatic carbocycles. The summed E-state index contributed by atoms with van der Waals surface area (Å²) in [5.74, 6) is 0.188. The van der Waals surface area contributed by atoms with E-state index < -0.39 is 10.0 Å². The van der Waals surface area contributed by atoms with Gasteiger partial charge >= 0.3 is 0 Å². The number of rotatable bonds is 3. The molecule has 1 saturated heterocycles. The molecule has 1 unspecified atom stereocenters. The van der Waals surface area contributed by atoms with E-state index in [2.05, 4.69) is 23.2 Å². The smallest absolute Gasteiger partial charge is 0.211 e. The van der Waals surface area contributed by atoms with Crippen molar-refractivity contribution in [2.24, 2.45) is 0 Å². The van der Waals surface area contributed by atoms with Crippen molar-refractivity contribution in [1.29, 1.82) is 0 Å². The Morgan fingerprint density at radius 1 is 1.09 bits per heavy atom. The van der Waals surface area contributed by atoms with Gasteiger partial charge < -0.3 is 0 Å². The molecule has 1 aliphatic rings. The lowest BCUT2D eigenvalue weighted by molar-refractivity contribution is 0.314. The number of pyridine rings is 1. The van der Waals surface area contributed by atoms with Crippen LogP contribution >= 0.6 is 0 Å². The number of nitrogens with zero attached hydrogens (tertiary/aromatic N) is 2. The maximum Gasteiger partial charge on any atom is 0.211 e. The van der Waals surface area contributed by atoms with Crippen molar-refractivity contribution in [3.05, 3.63) is 54.4 Å². The third-order valence-corrected chi connectivity index (χ3v) is 5.43. The summed E-state index contributed by atoms with van der Waals surface area (Å²) in [6.07, 6.45) is 5.04. The van der Waals surface area contributed by atoms with Crippen LogP contribution in [-0.4, -0.2) is 37.1 Å². The van der Waals surface area contributed by atoms with E-state index in [0.29, 0.717) is 13.1 Å². The van der Waals surface area contributed by atoms with E-state index in [-0.39, 0.29) is 5.92 Å². The zero-order valence-corrected chi connectivity index (χ0v) is 13.5. The fourth-order valence-corrected chi connectivity index (χ4v) is 3.84. The fourth-order valence-electron chi connectivity index (χ4n) is 2.93. The molecule has 0 radical (unpaired) electrons. The molecule has 116 valence electrons. The summed E-state index contributed by atoms with van der Waals surface area (Å²) < 4.78 is 25.0. The van der Waals surface area contributed by atoms with Gasteiger partial charge in [0.2, 0.25) is 10.0 Å². The second-order valence-corrected chi connectivity index (χ2v) is 7.78. The molecule has 5 heteroatoms. The van der Waals surface area contributed by atoms with Gasteiger partial charge in [0, 0.05) is 36.5 Å². The number of benzene rings is 1. The van der Waals surface area contributed by atoms with E-state index in [0.717, 1.165) is 29.7 Å². The number of sulfonamides is 1. The first kappa shape index (κ1) is 15.2. The van der Waals surface area contributed by atoms with E-state index in [1.165, 1.54) is 6.26 Å². The van der Waals surface area contributed by atoms with Crippen LogP contribution in [0, 0.1) is 0 Å².